The molecule has 0 spiro atoms. The quantitative estimate of drug-likeness (QED) is 0.791. The average molecular weight is 299 g/mol. The maximum atomic E-state index is 11.8. The van der Waals surface area contributed by atoms with Gasteiger partial charge in [-0.25, -0.2) is 9.59 Å². The van der Waals surface area contributed by atoms with Crippen molar-refractivity contribution in [1.82, 2.24) is 9.78 Å². The normalized spacial score (nSPS) is 9.86. The van der Waals surface area contributed by atoms with Gasteiger partial charge in [0, 0.05) is 6.07 Å². The van der Waals surface area contributed by atoms with Gasteiger partial charge in [0.25, 0.3) is 0 Å². The van der Waals surface area contributed by atoms with Gasteiger partial charge < -0.3 is 9.47 Å². The Morgan fingerprint density at radius 3 is 2.36 bits per heavy atom. The molecule has 1 aromatic heterocycles. The molecule has 2 aromatic rings. The summed E-state index contributed by atoms with van der Waals surface area (Å²) >= 11 is 0. The number of nitriles is 1. The molecule has 2 rings (SSSR count). The van der Waals surface area contributed by atoms with Crippen molar-refractivity contribution in [2.45, 2.75) is 6.54 Å². The van der Waals surface area contributed by atoms with Crippen molar-refractivity contribution in [1.29, 1.82) is 5.26 Å². The highest BCUT2D eigenvalue weighted by molar-refractivity contribution is 5.93. The van der Waals surface area contributed by atoms with Crippen molar-refractivity contribution < 1.29 is 19.1 Å². The summed E-state index contributed by atoms with van der Waals surface area (Å²) in [5.41, 5.74) is 1.53. The number of hydrogen-bond acceptors (Lipinski definition) is 6. The fraction of sp³-hybridized carbons (Fsp3) is 0.200. The second-order valence-electron chi connectivity index (χ2n) is 4.36. The summed E-state index contributed by atoms with van der Waals surface area (Å²) in [6, 6.07) is 10.2. The van der Waals surface area contributed by atoms with Crippen molar-refractivity contribution >= 4 is 11.9 Å². The summed E-state index contributed by atoms with van der Waals surface area (Å²) in [7, 11) is 2.49. The van der Waals surface area contributed by atoms with E-state index in [0.29, 0.717) is 5.56 Å². The molecular weight excluding hydrogens is 286 g/mol. The SMILES string of the molecule is COC(=O)c1cc(C(=O)OC)n(Cc2ccc(C#N)cc2)n1. The average Bonchev–Trinajstić information content (AvgIpc) is 2.98. The van der Waals surface area contributed by atoms with Crippen LogP contribution in [0.25, 0.3) is 0 Å². The Labute approximate surface area is 126 Å². The first kappa shape index (κ1) is 15.3. The highest BCUT2D eigenvalue weighted by Crippen LogP contribution is 2.11. The predicted octanol–water partition coefficient (Wildman–Crippen LogP) is 1.38. The van der Waals surface area contributed by atoms with E-state index in [1.54, 1.807) is 24.3 Å². The van der Waals surface area contributed by atoms with Crippen LogP contribution < -0.4 is 0 Å². The number of esters is 2. The monoisotopic (exact) mass is 299 g/mol. The number of carbonyl (C=O) groups excluding carboxylic acids is 2. The second-order valence-corrected chi connectivity index (χ2v) is 4.36. The molecule has 7 nitrogen and oxygen atoms in total. The molecular formula is C15H13N3O4. The van der Waals surface area contributed by atoms with Crippen LogP contribution in [0.2, 0.25) is 0 Å². The number of benzene rings is 1. The Hall–Kier alpha value is -3.14. The van der Waals surface area contributed by atoms with Crippen LogP contribution in [0, 0.1) is 11.3 Å². The van der Waals surface area contributed by atoms with Crippen molar-refractivity contribution in [3.63, 3.8) is 0 Å². The van der Waals surface area contributed by atoms with Gasteiger partial charge in [-0.05, 0) is 17.7 Å². The summed E-state index contributed by atoms with van der Waals surface area (Å²) < 4.78 is 10.6. The van der Waals surface area contributed by atoms with Crippen LogP contribution in [0.15, 0.2) is 30.3 Å². The van der Waals surface area contributed by atoms with E-state index < -0.39 is 11.9 Å². The number of rotatable bonds is 4. The van der Waals surface area contributed by atoms with Gasteiger partial charge in [-0.2, -0.15) is 10.4 Å². The zero-order valence-electron chi connectivity index (χ0n) is 12.1. The molecule has 0 amide bonds. The van der Waals surface area contributed by atoms with Gasteiger partial charge in [0.1, 0.15) is 5.69 Å². The first-order valence-corrected chi connectivity index (χ1v) is 6.32. The van der Waals surface area contributed by atoms with Crippen molar-refractivity contribution in [3.8, 4) is 6.07 Å². The number of aromatic nitrogens is 2. The van der Waals surface area contributed by atoms with Crippen molar-refractivity contribution in [3.05, 3.63) is 52.8 Å². The number of carbonyl (C=O) groups is 2. The molecule has 0 radical (unpaired) electrons. The van der Waals surface area contributed by atoms with E-state index >= 15 is 0 Å². The second kappa shape index (κ2) is 6.54. The molecule has 0 N–H and O–H groups in total. The molecule has 1 heterocycles. The number of methoxy groups -OCH3 is 2. The van der Waals surface area contributed by atoms with Crippen LogP contribution in [0.1, 0.15) is 32.1 Å². The smallest absolute Gasteiger partial charge is 0.358 e. The lowest BCUT2D eigenvalue weighted by atomic mass is 10.1. The minimum Gasteiger partial charge on any atom is -0.464 e. The first-order valence-electron chi connectivity index (χ1n) is 6.32. The lowest BCUT2D eigenvalue weighted by molar-refractivity contribution is 0.0581. The number of ether oxygens (including phenoxy) is 2. The van der Waals surface area contributed by atoms with E-state index in [9.17, 15) is 9.59 Å². The van der Waals surface area contributed by atoms with Crippen LogP contribution in [0.5, 0.6) is 0 Å². The third kappa shape index (κ3) is 3.12. The predicted molar refractivity (Wildman–Crippen MR) is 75.2 cm³/mol. The number of hydrogen-bond donors (Lipinski definition) is 0. The van der Waals surface area contributed by atoms with Gasteiger partial charge in [0.15, 0.2) is 5.69 Å². The maximum Gasteiger partial charge on any atom is 0.358 e. The van der Waals surface area contributed by atoms with Gasteiger partial charge in [0.05, 0.1) is 32.4 Å². The van der Waals surface area contributed by atoms with Gasteiger partial charge in [-0.15, -0.1) is 0 Å². The lowest BCUT2D eigenvalue weighted by Gasteiger charge is -2.06. The molecule has 0 atom stereocenters. The van der Waals surface area contributed by atoms with Crippen LogP contribution in [0.3, 0.4) is 0 Å². The van der Waals surface area contributed by atoms with E-state index in [1.165, 1.54) is 25.0 Å². The van der Waals surface area contributed by atoms with Crippen LogP contribution in [0.4, 0.5) is 0 Å². The highest BCUT2D eigenvalue weighted by Gasteiger charge is 2.20. The van der Waals surface area contributed by atoms with Gasteiger partial charge >= 0.3 is 11.9 Å². The van der Waals surface area contributed by atoms with Crippen LogP contribution >= 0.6 is 0 Å². The van der Waals surface area contributed by atoms with Crippen LogP contribution in [-0.2, 0) is 16.0 Å². The standard InChI is InChI=1S/C15H13N3O4/c1-21-14(19)12-7-13(15(20)22-2)18(17-12)9-11-5-3-10(8-16)4-6-11/h3-7H,9H2,1-2H3. The molecule has 0 unspecified atom stereocenters. The minimum absolute atomic E-state index is 0.0246. The maximum absolute atomic E-state index is 11.8. The summed E-state index contributed by atoms with van der Waals surface area (Å²) in [5, 5.41) is 12.8. The zero-order valence-corrected chi connectivity index (χ0v) is 12.1. The summed E-state index contributed by atoms with van der Waals surface area (Å²) in [6.07, 6.45) is 0. The summed E-state index contributed by atoms with van der Waals surface area (Å²) in [6.45, 7) is 0.257. The van der Waals surface area contributed by atoms with E-state index in [1.807, 2.05) is 6.07 Å². The van der Waals surface area contributed by atoms with E-state index in [2.05, 4.69) is 14.6 Å². The Morgan fingerprint density at radius 1 is 1.18 bits per heavy atom. The molecule has 22 heavy (non-hydrogen) atoms. The molecule has 0 bridgehead atoms. The summed E-state index contributed by atoms with van der Waals surface area (Å²) in [4.78, 5) is 23.3. The van der Waals surface area contributed by atoms with E-state index in [4.69, 9.17) is 5.26 Å². The molecule has 112 valence electrons. The Balaban J connectivity index is 2.35. The van der Waals surface area contributed by atoms with Gasteiger partial charge in [0.2, 0.25) is 0 Å². The molecule has 1 aromatic carbocycles. The highest BCUT2D eigenvalue weighted by atomic mass is 16.5. The molecule has 0 aliphatic heterocycles. The Bertz CT molecular complexity index is 741. The van der Waals surface area contributed by atoms with Gasteiger partial charge in [-0.1, -0.05) is 12.1 Å². The van der Waals surface area contributed by atoms with E-state index in [-0.39, 0.29) is 17.9 Å². The number of nitrogens with zero attached hydrogens (tertiary/aromatic N) is 3. The molecule has 0 saturated heterocycles. The third-order valence-corrected chi connectivity index (χ3v) is 2.98. The fourth-order valence-electron chi connectivity index (χ4n) is 1.87. The molecule has 7 heteroatoms. The van der Waals surface area contributed by atoms with Crippen molar-refractivity contribution in [2.75, 3.05) is 14.2 Å². The molecule has 0 aliphatic rings. The minimum atomic E-state index is -0.635. The molecule has 0 saturated carbocycles. The fourth-order valence-corrected chi connectivity index (χ4v) is 1.87. The lowest BCUT2D eigenvalue weighted by Crippen LogP contribution is -2.13. The molecule has 0 aliphatic carbocycles. The largest absolute Gasteiger partial charge is 0.464 e. The molecule has 0 fully saturated rings. The topological polar surface area (TPSA) is 94.2 Å². The summed E-state index contributed by atoms with van der Waals surface area (Å²) in [5.74, 6) is -1.24. The van der Waals surface area contributed by atoms with E-state index in [0.717, 1.165) is 5.56 Å². The van der Waals surface area contributed by atoms with Crippen LogP contribution in [-0.4, -0.2) is 35.9 Å². The Kier molecular flexibility index (Phi) is 4.53. The Morgan fingerprint density at radius 2 is 1.82 bits per heavy atom. The van der Waals surface area contributed by atoms with Crippen molar-refractivity contribution in [2.24, 2.45) is 0 Å². The third-order valence-electron chi connectivity index (χ3n) is 2.98. The zero-order chi connectivity index (χ0) is 16.1. The van der Waals surface area contributed by atoms with Gasteiger partial charge in [-0.3, -0.25) is 4.68 Å². The first-order chi connectivity index (χ1) is 10.6.